The normalized spacial score (nSPS) is 11.8. The summed E-state index contributed by atoms with van der Waals surface area (Å²) >= 11 is 0. The predicted octanol–water partition coefficient (Wildman–Crippen LogP) is 3.73. The van der Waals surface area contributed by atoms with Crippen LogP contribution in [0.4, 0.5) is 5.69 Å². The van der Waals surface area contributed by atoms with E-state index in [0.717, 1.165) is 0 Å². The fourth-order valence-corrected chi connectivity index (χ4v) is 3.77. The van der Waals surface area contributed by atoms with E-state index in [9.17, 15) is 24.8 Å². The second kappa shape index (κ2) is 8.91. The maximum atomic E-state index is 13.4. The lowest BCUT2D eigenvalue weighted by Crippen LogP contribution is -2.42. The van der Waals surface area contributed by atoms with Crippen molar-refractivity contribution in [3.05, 3.63) is 88.0 Å². The quantitative estimate of drug-likeness (QED) is 0.252. The van der Waals surface area contributed by atoms with Crippen molar-refractivity contribution in [1.82, 2.24) is 10.3 Å². The molecule has 166 valence electrons. The Kier molecular flexibility index (Phi) is 5.86. The summed E-state index contributed by atoms with van der Waals surface area (Å²) in [5, 5.41) is 24.7. The van der Waals surface area contributed by atoms with Crippen molar-refractivity contribution in [3.8, 4) is 5.75 Å². The Labute approximate surface area is 187 Å². The van der Waals surface area contributed by atoms with Crippen LogP contribution in [0.2, 0.25) is 0 Å². The molecule has 0 aliphatic carbocycles. The molecule has 0 unspecified atom stereocenters. The fraction of sp³-hybridized carbons (Fsp3) is 0.125. The summed E-state index contributed by atoms with van der Waals surface area (Å²) in [6.07, 6.45) is -0.202. The Morgan fingerprint density at radius 1 is 1.06 bits per heavy atom. The van der Waals surface area contributed by atoms with Crippen LogP contribution < -0.4 is 10.1 Å². The van der Waals surface area contributed by atoms with E-state index < -0.39 is 22.8 Å². The number of carboxylic acids is 1. The number of ether oxygens (including phenoxy) is 1. The molecule has 0 saturated carbocycles. The van der Waals surface area contributed by atoms with Crippen LogP contribution in [0.5, 0.6) is 5.75 Å². The number of non-ortho nitro benzene ring substituents is 1. The summed E-state index contributed by atoms with van der Waals surface area (Å²) in [4.78, 5) is 40.5. The van der Waals surface area contributed by atoms with Gasteiger partial charge in [0.1, 0.15) is 11.8 Å². The molecular formula is C24H19N3O6. The fourth-order valence-electron chi connectivity index (χ4n) is 3.77. The number of nitro benzene ring substituents is 1. The summed E-state index contributed by atoms with van der Waals surface area (Å²) < 4.78 is 5.23. The molecule has 4 rings (SSSR count). The Hall–Kier alpha value is -4.53. The van der Waals surface area contributed by atoms with E-state index >= 15 is 0 Å². The van der Waals surface area contributed by atoms with E-state index in [1.165, 1.54) is 25.3 Å². The monoisotopic (exact) mass is 445 g/mol. The van der Waals surface area contributed by atoms with Gasteiger partial charge in [-0.15, -0.1) is 0 Å². The number of pyridine rings is 1. The van der Waals surface area contributed by atoms with Gasteiger partial charge in [-0.2, -0.15) is 0 Å². The van der Waals surface area contributed by atoms with Crippen molar-refractivity contribution < 1.29 is 24.4 Å². The molecule has 0 saturated heterocycles. The molecule has 3 aromatic carbocycles. The third-order valence-electron chi connectivity index (χ3n) is 5.32. The van der Waals surface area contributed by atoms with Crippen molar-refractivity contribution in [2.75, 3.05) is 7.11 Å². The van der Waals surface area contributed by atoms with Gasteiger partial charge < -0.3 is 15.2 Å². The van der Waals surface area contributed by atoms with Crippen LogP contribution in [0.25, 0.3) is 21.8 Å². The van der Waals surface area contributed by atoms with Gasteiger partial charge in [0.05, 0.1) is 28.6 Å². The van der Waals surface area contributed by atoms with Crippen molar-refractivity contribution in [2.24, 2.45) is 0 Å². The Morgan fingerprint density at radius 2 is 1.67 bits per heavy atom. The number of carboxylic acid groups (broad SMARTS) is 1. The number of amides is 1. The van der Waals surface area contributed by atoms with Crippen LogP contribution in [0.15, 0.2) is 66.7 Å². The van der Waals surface area contributed by atoms with Gasteiger partial charge in [-0.3, -0.25) is 14.9 Å². The number of nitro groups is 1. The first-order chi connectivity index (χ1) is 15.9. The van der Waals surface area contributed by atoms with Gasteiger partial charge in [0.25, 0.3) is 11.6 Å². The van der Waals surface area contributed by atoms with Gasteiger partial charge in [-0.05, 0) is 18.2 Å². The molecule has 1 heterocycles. The van der Waals surface area contributed by atoms with Crippen LogP contribution in [0.3, 0.4) is 0 Å². The molecule has 0 aliphatic rings. The summed E-state index contributed by atoms with van der Waals surface area (Å²) in [7, 11) is 1.38. The molecule has 9 nitrogen and oxygen atoms in total. The number of carbonyl (C=O) groups is 2. The molecule has 9 heteroatoms. The molecule has 0 aliphatic heterocycles. The Bertz CT molecular complexity index is 1350. The number of hydrogen-bond donors (Lipinski definition) is 2. The van der Waals surface area contributed by atoms with Crippen molar-refractivity contribution in [1.29, 1.82) is 0 Å². The first-order valence-electron chi connectivity index (χ1n) is 10.0. The molecule has 0 radical (unpaired) electrons. The number of carbonyl (C=O) groups excluding carboxylic acids is 1. The van der Waals surface area contributed by atoms with Crippen LogP contribution >= 0.6 is 0 Å². The minimum atomic E-state index is -1.35. The predicted molar refractivity (Wildman–Crippen MR) is 121 cm³/mol. The van der Waals surface area contributed by atoms with Gasteiger partial charge in [0, 0.05) is 34.9 Å². The largest absolute Gasteiger partial charge is 0.496 e. The molecule has 1 aromatic heterocycles. The summed E-state index contributed by atoms with van der Waals surface area (Å²) in [5.41, 5.74) is 1.62. The van der Waals surface area contributed by atoms with E-state index in [2.05, 4.69) is 10.3 Å². The Morgan fingerprint density at radius 3 is 2.21 bits per heavy atom. The zero-order chi connectivity index (χ0) is 23.5. The molecule has 1 atom stereocenters. The average Bonchev–Trinajstić information content (AvgIpc) is 2.81. The van der Waals surface area contributed by atoms with Gasteiger partial charge in [-0.1, -0.05) is 36.4 Å². The molecule has 4 aromatic rings. The number of hydrogen-bond acceptors (Lipinski definition) is 6. The number of para-hydroxylation sites is 2. The first-order valence-corrected chi connectivity index (χ1v) is 10.0. The highest BCUT2D eigenvalue weighted by Crippen LogP contribution is 2.27. The van der Waals surface area contributed by atoms with Crippen molar-refractivity contribution >= 4 is 39.4 Å². The molecule has 33 heavy (non-hydrogen) atoms. The molecule has 0 bridgehead atoms. The standard InChI is InChI=1S/C24H19N3O6/c1-33-21-11-10-15(27(31)32)12-14(21)13-20(24(29)30)26-23(28)22-16-6-2-4-8-18(16)25-19-9-5-3-7-17(19)22/h2-12,20H,13H2,1H3,(H,26,28)(H,29,30)/t20-/m1/s1. The van der Waals surface area contributed by atoms with Crippen LogP contribution in [-0.2, 0) is 11.2 Å². The second-order valence-electron chi connectivity index (χ2n) is 7.34. The third-order valence-corrected chi connectivity index (χ3v) is 5.32. The van der Waals surface area contributed by atoms with Gasteiger partial charge in [-0.25, -0.2) is 9.78 Å². The third kappa shape index (κ3) is 4.29. The first kappa shape index (κ1) is 21.7. The number of methoxy groups -OCH3 is 1. The number of aliphatic carboxylic acids is 1. The average molecular weight is 445 g/mol. The highest BCUT2D eigenvalue weighted by molar-refractivity contribution is 6.16. The maximum Gasteiger partial charge on any atom is 0.326 e. The lowest BCUT2D eigenvalue weighted by molar-refractivity contribution is -0.384. The molecular weight excluding hydrogens is 426 g/mol. The highest BCUT2D eigenvalue weighted by atomic mass is 16.6. The smallest absolute Gasteiger partial charge is 0.326 e. The molecule has 1 amide bonds. The van der Waals surface area contributed by atoms with Gasteiger partial charge in [0.2, 0.25) is 0 Å². The zero-order valence-electron chi connectivity index (χ0n) is 17.5. The molecule has 0 fully saturated rings. The van der Waals surface area contributed by atoms with E-state index in [1.807, 2.05) is 0 Å². The van der Waals surface area contributed by atoms with Crippen LogP contribution in [0.1, 0.15) is 15.9 Å². The molecule has 2 N–H and O–H groups in total. The summed E-state index contributed by atoms with van der Waals surface area (Å²) in [6, 6.07) is 16.8. The van der Waals surface area contributed by atoms with Gasteiger partial charge in [0.15, 0.2) is 0 Å². The number of rotatable bonds is 7. The zero-order valence-corrected chi connectivity index (χ0v) is 17.5. The van der Waals surface area contributed by atoms with E-state index in [1.54, 1.807) is 48.5 Å². The molecule has 0 spiro atoms. The van der Waals surface area contributed by atoms with Crippen LogP contribution in [-0.4, -0.2) is 40.0 Å². The Balaban J connectivity index is 1.74. The van der Waals surface area contributed by atoms with Crippen molar-refractivity contribution in [2.45, 2.75) is 12.5 Å². The SMILES string of the molecule is COc1ccc([N+](=O)[O-])cc1C[C@@H](NC(=O)c1c2ccccc2nc2ccccc12)C(=O)O. The maximum absolute atomic E-state index is 13.4. The number of fused-ring (bicyclic) bond motifs is 2. The number of aromatic nitrogens is 1. The minimum absolute atomic E-state index is 0.201. The topological polar surface area (TPSA) is 132 Å². The number of nitrogens with one attached hydrogen (secondary N) is 1. The van der Waals surface area contributed by atoms with Gasteiger partial charge >= 0.3 is 5.97 Å². The van der Waals surface area contributed by atoms with Crippen molar-refractivity contribution in [3.63, 3.8) is 0 Å². The highest BCUT2D eigenvalue weighted by Gasteiger charge is 2.26. The lowest BCUT2D eigenvalue weighted by Gasteiger charge is -2.18. The van der Waals surface area contributed by atoms with E-state index in [-0.39, 0.29) is 12.1 Å². The van der Waals surface area contributed by atoms with Crippen LogP contribution in [0, 0.1) is 10.1 Å². The second-order valence-corrected chi connectivity index (χ2v) is 7.34. The summed E-state index contributed by atoms with van der Waals surface area (Å²) in [5.74, 6) is -1.57. The van der Waals surface area contributed by atoms with E-state index in [4.69, 9.17) is 4.74 Å². The number of benzene rings is 3. The van der Waals surface area contributed by atoms with E-state index in [0.29, 0.717) is 38.7 Å². The number of nitrogens with zero attached hydrogens (tertiary/aromatic N) is 2. The summed E-state index contributed by atoms with van der Waals surface area (Å²) in [6.45, 7) is 0. The minimum Gasteiger partial charge on any atom is -0.496 e. The lowest BCUT2D eigenvalue weighted by atomic mass is 10.00.